The molecule has 0 amide bonds. The highest BCUT2D eigenvalue weighted by atomic mass is 14.8. The molecular weight excluding hydrogens is 148 g/mol. The van der Waals surface area contributed by atoms with E-state index in [2.05, 4.69) is 24.9 Å². The molecule has 0 aromatic carbocycles. The number of pyridine rings is 1. The van der Waals surface area contributed by atoms with Gasteiger partial charge in [-0.05, 0) is 24.5 Å². The fraction of sp³-hybridized carbons (Fsp3) is 0.500. The van der Waals surface area contributed by atoms with Gasteiger partial charge in [-0.1, -0.05) is 19.9 Å². The Labute approximate surface area is 73.8 Å². The first kappa shape index (κ1) is 9.20. The van der Waals surface area contributed by atoms with Crippen molar-refractivity contribution in [3.05, 3.63) is 29.6 Å². The molecule has 0 saturated carbocycles. The first-order valence-corrected chi connectivity index (χ1v) is 4.49. The molecule has 0 aliphatic heterocycles. The summed E-state index contributed by atoms with van der Waals surface area (Å²) < 4.78 is 0. The number of hydrogen-bond acceptors (Lipinski definition) is 2. The highest BCUT2D eigenvalue weighted by Crippen LogP contribution is 2.15. The lowest BCUT2D eigenvalue weighted by Crippen LogP contribution is -2.12. The van der Waals surface area contributed by atoms with Gasteiger partial charge in [0.2, 0.25) is 0 Å². The average Bonchev–Trinajstić information content (AvgIpc) is 2.16. The van der Waals surface area contributed by atoms with Crippen LogP contribution < -0.4 is 5.73 Å². The molecule has 0 radical (unpaired) electrons. The number of rotatable bonds is 3. The topological polar surface area (TPSA) is 38.9 Å². The summed E-state index contributed by atoms with van der Waals surface area (Å²) >= 11 is 0. The zero-order valence-corrected chi connectivity index (χ0v) is 7.75. The SMILES string of the molecule is CCc1cccnc1[C@H](N)CC. The molecule has 0 aliphatic carbocycles. The van der Waals surface area contributed by atoms with E-state index in [1.165, 1.54) is 5.56 Å². The van der Waals surface area contributed by atoms with Crippen LogP contribution in [0.25, 0.3) is 0 Å². The monoisotopic (exact) mass is 164 g/mol. The number of nitrogens with zero attached hydrogens (tertiary/aromatic N) is 1. The standard InChI is InChI=1S/C10H16N2/c1-3-8-6-5-7-12-10(8)9(11)4-2/h5-7,9H,3-4,11H2,1-2H3/t9-/m1/s1. The lowest BCUT2D eigenvalue weighted by atomic mass is 10.0. The van der Waals surface area contributed by atoms with Crippen LogP contribution in [0.15, 0.2) is 18.3 Å². The van der Waals surface area contributed by atoms with Gasteiger partial charge in [-0.2, -0.15) is 0 Å². The Hall–Kier alpha value is -0.890. The van der Waals surface area contributed by atoms with Crippen molar-refractivity contribution in [3.8, 4) is 0 Å². The second kappa shape index (κ2) is 4.21. The number of aromatic nitrogens is 1. The Bertz CT molecular complexity index is 245. The summed E-state index contributed by atoms with van der Waals surface area (Å²) in [6.45, 7) is 4.21. The fourth-order valence-electron chi connectivity index (χ4n) is 1.28. The highest BCUT2D eigenvalue weighted by molar-refractivity contribution is 5.22. The van der Waals surface area contributed by atoms with Crippen LogP contribution in [-0.4, -0.2) is 4.98 Å². The summed E-state index contributed by atoms with van der Waals surface area (Å²) in [4.78, 5) is 4.30. The van der Waals surface area contributed by atoms with Gasteiger partial charge >= 0.3 is 0 Å². The van der Waals surface area contributed by atoms with Crippen molar-refractivity contribution in [2.24, 2.45) is 5.73 Å². The number of aryl methyl sites for hydroxylation is 1. The van der Waals surface area contributed by atoms with Crippen LogP contribution in [0.5, 0.6) is 0 Å². The average molecular weight is 164 g/mol. The van der Waals surface area contributed by atoms with Crippen molar-refractivity contribution < 1.29 is 0 Å². The maximum absolute atomic E-state index is 5.91. The number of hydrogen-bond donors (Lipinski definition) is 1. The molecule has 0 fully saturated rings. The van der Waals surface area contributed by atoms with Gasteiger partial charge in [0, 0.05) is 12.2 Å². The molecule has 1 heterocycles. The Balaban J connectivity index is 2.96. The predicted octanol–water partition coefficient (Wildman–Crippen LogP) is 2.05. The third-order valence-corrected chi connectivity index (χ3v) is 2.10. The predicted molar refractivity (Wildman–Crippen MR) is 50.8 cm³/mol. The summed E-state index contributed by atoms with van der Waals surface area (Å²) in [6, 6.07) is 4.16. The van der Waals surface area contributed by atoms with Gasteiger partial charge in [0.1, 0.15) is 0 Å². The van der Waals surface area contributed by atoms with Crippen molar-refractivity contribution in [3.63, 3.8) is 0 Å². The van der Waals surface area contributed by atoms with Gasteiger partial charge in [-0.15, -0.1) is 0 Å². The zero-order chi connectivity index (χ0) is 8.97. The normalized spacial score (nSPS) is 12.9. The minimum Gasteiger partial charge on any atom is -0.323 e. The molecule has 1 atom stereocenters. The molecule has 1 aromatic heterocycles. The van der Waals surface area contributed by atoms with E-state index < -0.39 is 0 Å². The Kier molecular flexibility index (Phi) is 3.23. The van der Waals surface area contributed by atoms with E-state index in [1.807, 2.05) is 12.3 Å². The van der Waals surface area contributed by atoms with Gasteiger partial charge in [-0.3, -0.25) is 4.98 Å². The Morgan fingerprint density at radius 3 is 2.83 bits per heavy atom. The maximum atomic E-state index is 5.91. The second-order valence-corrected chi connectivity index (χ2v) is 2.92. The van der Waals surface area contributed by atoms with E-state index in [9.17, 15) is 0 Å². The van der Waals surface area contributed by atoms with E-state index in [1.54, 1.807) is 0 Å². The lowest BCUT2D eigenvalue weighted by Gasteiger charge is -2.11. The van der Waals surface area contributed by atoms with Crippen LogP contribution in [0, 0.1) is 0 Å². The molecule has 0 unspecified atom stereocenters. The maximum Gasteiger partial charge on any atom is 0.0602 e. The first-order valence-electron chi connectivity index (χ1n) is 4.49. The quantitative estimate of drug-likeness (QED) is 0.742. The van der Waals surface area contributed by atoms with E-state index in [4.69, 9.17) is 5.73 Å². The van der Waals surface area contributed by atoms with Crippen molar-refractivity contribution in [2.45, 2.75) is 32.7 Å². The Morgan fingerprint density at radius 2 is 2.25 bits per heavy atom. The fourth-order valence-corrected chi connectivity index (χ4v) is 1.28. The minimum absolute atomic E-state index is 0.0983. The molecule has 0 aliphatic rings. The van der Waals surface area contributed by atoms with Crippen LogP contribution in [0.4, 0.5) is 0 Å². The molecular formula is C10H16N2. The second-order valence-electron chi connectivity index (χ2n) is 2.92. The van der Waals surface area contributed by atoms with E-state index >= 15 is 0 Å². The summed E-state index contributed by atoms with van der Waals surface area (Å²) in [5, 5.41) is 0. The van der Waals surface area contributed by atoms with E-state index in [0.717, 1.165) is 18.5 Å². The summed E-state index contributed by atoms with van der Waals surface area (Å²) in [5.41, 5.74) is 8.24. The molecule has 0 saturated heterocycles. The first-order chi connectivity index (χ1) is 5.79. The molecule has 2 nitrogen and oxygen atoms in total. The highest BCUT2D eigenvalue weighted by Gasteiger charge is 2.07. The smallest absolute Gasteiger partial charge is 0.0602 e. The minimum atomic E-state index is 0.0983. The van der Waals surface area contributed by atoms with Crippen LogP contribution in [0.1, 0.15) is 37.6 Å². The molecule has 2 N–H and O–H groups in total. The van der Waals surface area contributed by atoms with Crippen LogP contribution in [0.3, 0.4) is 0 Å². The molecule has 1 rings (SSSR count). The summed E-state index contributed by atoms with van der Waals surface area (Å²) in [7, 11) is 0. The summed E-state index contributed by atoms with van der Waals surface area (Å²) in [5.74, 6) is 0. The molecule has 0 bridgehead atoms. The molecule has 0 spiro atoms. The molecule has 1 aromatic rings. The zero-order valence-electron chi connectivity index (χ0n) is 7.75. The van der Waals surface area contributed by atoms with Crippen molar-refractivity contribution in [1.29, 1.82) is 0 Å². The van der Waals surface area contributed by atoms with Crippen molar-refractivity contribution in [2.75, 3.05) is 0 Å². The third kappa shape index (κ3) is 1.83. The van der Waals surface area contributed by atoms with Gasteiger partial charge in [-0.25, -0.2) is 0 Å². The van der Waals surface area contributed by atoms with Gasteiger partial charge in [0.25, 0.3) is 0 Å². The van der Waals surface area contributed by atoms with Gasteiger partial charge < -0.3 is 5.73 Å². The van der Waals surface area contributed by atoms with Crippen LogP contribution in [-0.2, 0) is 6.42 Å². The van der Waals surface area contributed by atoms with Gasteiger partial charge in [0.15, 0.2) is 0 Å². The molecule has 12 heavy (non-hydrogen) atoms. The third-order valence-electron chi connectivity index (χ3n) is 2.10. The van der Waals surface area contributed by atoms with E-state index in [0.29, 0.717) is 0 Å². The van der Waals surface area contributed by atoms with Gasteiger partial charge in [0.05, 0.1) is 5.69 Å². The summed E-state index contributed by atoms with van der Waals surface area (Å²) in [6.07, 6.45) is 3.77. The van der Waals surface area contributed by atoms with Crippen LogP contribution in [0.2, 0.25) is 0 Å². The Morgan fingerprint density at radius 1 is 1.50 bits per heavy atom. The largest absolute Gasteiger partial charge is 0.323 e. The molecule has 66 valence electrons. The molecule has 2 heteroatoms. The van der Waals surface area contributed by atoms with Crippen molar-refractivity contribution in [1.82, 2.24) is 4.98 Å². The van der Waals surface area contributed by atoms with E-state index in [-0.39, 0.29) is 6.04 Å². The lowest BCUT2D eigenvalue weighted by molar-refractivity contribution is 0.665. The van der Waals surface area contributed by atoms with Crippen molar-refractivity contribution >= 4 is 0 Å². The number of nitrogens with two attached hydrogens (primary N) is 1. The van der Waals surface area contributed by atoms with Crippen LogP contribution >= 0.6 is 0 Å².